The lowest BCUT2D eigenvalue weighted by Gasteiger charge is -2.24. The second kappa shape index (κ2) is 31.6. The standard InChI is InChI=1S/C76H68B2N8O10S4/c1-5-49(27-41-67(87)83-99-89)47-95-57-33-29-51(30-34-57)71-69-70(74(62(46-80)76-82-64-44-60(94-4)38-40-66(64)98-76)85(71)77(53-19-11-7-12-20-53)54-21-13-8-14-22-54)72(52-31-35-58(36-32-52)96-48-50(6-2)28-42-68(88)84-100(90,91)92)86(78(55-23-15-9-16-24-55)56-25-17-10-18-26-56)73(69)61(45-79)75-81-63-43-59(93-3)37-39-65(63)97-75/h7-26,29-40,43-44,49-50,89H,5-6,27-28,41-42,47-48H2,1-4H3,(H,83,87)(H,84,88)(H,90,91,92)/b73-61-,74-62-. The number of hydrogen-bond acceptors (Lipinski definition) is 16. The van der Waals surface area contributed by atoms with Gasteiger partial charge in [0.25, 0.3) is 0 Å². The molecule has 0 radical (unpaired) electrons. The molecule has 100 heavy (non-hydrogen) atoms. The first-order valence-corrected chi connectivity index (χ1v) is 36.4. The second-order valence-corrected chi connectivity index (χ2v) is 27.5. The van der Waals surface area contributed by atoms with Crippen molar-refractivity contribution in [2.45, 2.75) is 52.4 Å². The Morgan fingerprint density at radius 1 is 0.550 bits per heavy atom. The fourth-order valence-electron chi connectivity index (χ4n) is 12.8. The number of aromatic nitrogens is 4. The van der Waals surface area contributed by atoms with E-state index in [1.165, 1.54) is 22.7 Å². The van der Waals surface area contributed by atoms with Gasteiger partial charge in [-0.1, -0.05) is 170 Å². The molecule has 2 unspecified atom stereocenters. The zero-order valence-electron chi connectivity index (χ0n) is 55.1. The molecule has 502 valence electrons. The van der Waals surface area contributed by atoms with Crippen LogP contribution >= 0.6 is 34.9 Å². The van der Waals surface area contributed by atoms with E-state index in [0.29, 0.717) is 107 Å². The first kappa shape index (κ1) is 69.5. The molecule has 0 saturated carbocycles. The third kappa shape index (κ3) is 15.2. The van der Waals surface area contributed by atoms with Gasteiger partial charge in [0.2, 0.25) is 11.8 Å². The molecule has 0 bridgehead atoms. The van der Waals surface area contributed by atoms with E-state index in [4.69, 9.17) is 28.9 Å². The minimum atomic E-state index is -4.73. The Morgan fingerprint density at radius 2 is 0.910 bits per heavy atom. The highest BCUT2D eigenvalue weighted by atomic mass is 32.2. The molecule has 2 amide bonds. The van der Waals surface area contributed by atoms with Crippen molar-refractivity contribution in [2.75, 3.05) is 27.4 Å². The van der Waals surface area contributed by atoms with Crippen molar-refractivity contribution in [1.82, 2.24) is 28.4 Å². The van der Waals surface area contributed by atoms with Crippen molar-refractivity contribution in [2.24, 2.45) is 11.8 Å². The monoisotopic (exact) mass is 1400 g/mol. The highest BCUT2D eigenvalue weighted by Gasteiger charge is 2.38. The van der Waals surface area contributed by atoms with E-state index in [9.17, 15) is 37.6 Å². The summed E-state index contributed by atoms with van der Waals surface area (Å²) < 4.78 is 76.4. The number of methoxy groups -OCH3 is 2. The molecule has 0 saturated heterocycles. The number of carbonyl (C=O) groups is 2. The summed E-state index contributed by atoms with van der Waals surface area (Å²) in [6, 6.07) is 73.1. The lowest BCUT2D eigenvalue weighted by Crippen LogP contribution is -2.54. The maximum Gasteiger partial charge on any atom is 0.359 e. The van der Waals surface area contributed by atoms with E-state index in [1.807, 2.05) is 165 Å². The molecule has 12 aromatic rings. The molecule has 0 spiro atoms. The molecule has 4 heterocycles. The van der Waals surface area contributed by atoms with Crippen LogP contribution in [-0.4, -0.2) is 89.4 Å². The fraction of sp³-hybridized carbons (Fsp3) is 0.184. The Morgan fingerprint density at radius 3 is 1.24 bits per heavy atom. The third-order valence-electron chi connectivity index (χ3n) is 17.8. The average Bonchev–Trinajstić information content (AvgIpc) is 1.52. The van der Waals surface area contributed by atoms with Crippen molar-refractivity contribution in [3.8, 4) is 57.7 Å². The Bertz CT molecular complexity index is 5080. The summed E-state index contributed by atoms with van der Waals surface area (Å²) in [7, 11) is -1.53. The number of carbonyl (C=O) groups excluding carboxylic acids is 2. The van der Waals surface area contributed by atoms with Gasteiger partial charge in [-0.05, 0) is 109 Å². The van der Waals surface area contributed by atoms with Crippen molar-refractivity contribution < 1.29 is 46.1 Å². The minimum absolute atomic E-state index is 0.0115. The van der Waals surface area contributed by atoms with Gasteiger partial charge in [-0.15, -0.1) is 22.7 Å². The second-order valence-electron chi connectivity index (χ2n) is 23.9. The molecular formula is C76H68B2N8O10S4. The number of fused-ring (bicyclic) bond motifs is 3. The zero-order valence-corrected chi connectivity index (χ0v) is 58.3. The number of thiazole rings is 2. The molecule has 0 aliphatic heterocycles. The van der Waals surface area contributed by atoms with Gasteiger partial charge in [0.1, 0.15) is 68.5 Å². The van der Waals surface area contributed by atoms with Gasteiger partial charge in [-0.25, -0.2) is 14.7 Å². The van der Waals surface area contributed by atoms with Gasteiger partial charge in [0.05, 0.1) is 58.6 Å². The van der Waals surface area contributed by atoms with Gasteiger partial charge < -0.3 is 32.5 Å². The quantitative estimate of drug-likeness (QED) is 0.0154. The van der Waals surface area contributed by atoms with Crippen molar-refractivity contribution in [3.05, 3.63) is 227 Å². The van der Waals surface area contributed by atoms with Crippen molar-refractivity contribution in [3.63, 3.8) is 0 Å². The van der Waals surface area contributed by atoms with Gasteiger partial charge in [0.15, 0.2) is 0 Å². The number of benzene rings is 8. The summed E-state index contributed by atoms with van der Waals surface area (Å²) in [5, 5.41) is 28.2. The summed E-state index contributed by atoms with van der Waals surface area (Å²) >= 11 is 3.05. The number of nitrogens with zero attached hydrogens (tertiary/aromatic N) is 6. The highest BCUT2D eigenvalue weighted by molar-refractivity contribution is 7.92. The smallest absolute Gasteiger partial charge is 0.359 e. The number of amides is 2. The van der Waals surface area contributed by atoms with E-state index in [2.05, 4.69) is 81.3 Å². The molecule has 4 aromatic heterocycles. The normalized spacial score (nSPS) is 12.6. The predicted molar refractivity (Wildman–Crippen MR) is 400 cm³/mol. The Balaban J connectivity index is 1.27. The summed E-state index contributed by atoms with van der Waals surface area (Å²) in [5.74, 6) is 0.976. The van der Waals surface area contributed by atoms with Crippen LogP contribution in [0.1, 0.15) is 62.4 Å². The van der Waals surface area contributed by atoms with Crippen molar-refractivity contribution >= 4 is 135 Å². The average molecular weight is 1400 g/mol. The van der Waals surface area contributed by atoms with Crippen molar-refractivity contribution in [1.29, 1.82) is 10.5 Å². The molecule has 18 nitrogen and oxygen atoms in total. The van der Waals surface area contributed by atoms with E-state index in [0.717, 1.165) is 37.7 Å². The molecule has 24 heteroatoms. The molecular weight excluding hydrogens is 1330 g/mol. The summed E-state index contributed by atoms with van der Waals surface area (Å²) in [4.78, 5) is 35.7. The van der Waals surface area contributed by atoms with Gasteiger partial charge in [-0.2, -0.15) is 18.9 Å². The third-order valence-corrected chi connectivity index (χ3v) is 20.7. The van der Waals surface area contributed by atoms with Crippen LogP contribution in [0.15, 0.2) is 206 Å². The van der Waals surface area contributed by atoms with Crippen LogP contribution in [-0.2, 0) is 19.9 Å². The Kier molecular flexibility index (Phi) is 22.0. The van der Waals surface area contributed by atoms with Crippen LogP contribution in [0.4, 0.5) is 0 Å². The summed E-state index contributed by atoms with van der Waals surface area (Å²) in [6.07, 6.45) is 2.20. The van der Waals surface area contributed by atoms with Gasteiger partial charge >= 0.3 is 24.0 Å². The summed E-state index contributed by atoms with van der Waals surface area (Å²) in [5.41, 5.74) is 7.91. The topological polar surface area (TPSA) is 253 Å². The zero-order chi connectivity index (χ0) is 69.9. The molecule has 4 N–H and O–H groups in total. The first-order valence-electron chi connectivity index (χ1n) is 32.5. The molecule has 0 aliphatic carbocycles. The van der Waals surface area contributed by atoms with Gasteiger partial charge in [-0.3, -0.25) is 18.9 Å². The molecule has 12 rings (SSSR count). The van der Waals surface area contributed by atoms with E-state index < -0.39 is 29.9 Å². The molecule has 2 atom stereocenters. The number of nitriles is 2. The maximum absolute atomic E-state index is 12.6. The van der Waals surface area contributed by atoms with Crippen LogP contribution in [0.5, 0.6) is 23.0 Å². The fourth-order valence-corrected chi connectivity index (χ4v) is 15.3. The van der Waals surface area contributed by atoms with E-state index in [-0.39, 0.29) is 67.0 Å². The molecule has 8 aromatic carbocycles. The van der Waals surface area contributed by atoms with Crippen LogP contribution in [0.3, 0.4) is 0 Å². The summed E-state index contributed by atoms with van der Waals surface area (Å²) in [6.45, 7) is 3.11. The number of nitrogens with one attached hydrogen (secondary N) is 2. The van der Waals surface area contributed by atoms with Crippen LogP contribution < -0.4 is 60.9 Å². The number of rotatable bonds is 28. The number of hydrogen-bond donors (Lipinski definition) is 4. The predicted octanol–water partition coefficient (Wildman–Crippen LogP) is 11.3. The SMILES string of the molecule is CCC(CCC(=O)NSO)COc1ccc(-c2c3/c(=C(\C#N)c4nc5cc(OC)ccc5s4)n(B(c4ccccc4)c4ccccc4)c(-c4ccc(OCC(CC)CCC(=O)NS(=O)(=O)O)cc4)c3/c(=C(\C#N)c3nc4cc(OC)ccc4s3)n2B(c2ccccc2)c2ccccc2)cc1. The Labute approximate surface area is 592 Å². The number of ether oxygens (including phenoxy) is 4. The van der Waals surface area contributed by atoms with E-state index in [1.54, 1.807) is 18.9 Å². The lowest BCUT2D eigenvalue weighted by molar-refractivity contribution is -0.120. The van der Waals surface area contributed by atoms with Gasteiger partial charge in [0, 0.05) is 47.1 Å². The first-order chi connectivity index (χ1) is 48.7. The van der Waals surface area contributed by atoms with Crippen LogP contribution in [0.2, 0.25) is 0 Å². The highest BCUT2D eigenvalue weighted by Crippen LogP contribution is 2.40. The van der Waals surface area contributed by atoms with Crippen LogP contribution in [0, 0.1) is 34.5 Å². The van der Waals surface area contributed by atoms with E-state index >= 15 is 0 Å². The Hall–Kier alpha value is -10.4. The minimum Gasteiger partial charge on any atom is -0.497 e. The molecule has 0 fully saturated rings. The molecule has 0 aliphatic rings. The largest absolute Gasteiger partial charge is 0.497 e. The maximum atomic E-state index is 12.6. The van der Waals surface area contributed by atoms with Crippen LogP contribution in [0.25, 0.3) is 64.9 Å². The lowest BCUT2D eigenvalue weighted by atomic mass is 9.50.